The van der Waals surface area contributed by atoms with E-state index in [-0.39, 0.29) is 0 Å². The predicted octanol–water partition coefficient (Wildman–Crippen LogP) is 10.0. The minimum atomic E-state index is 0.571. The zero-order valence-electron chi connectivity index (χ0n) is 20.4. The van der Waals surface area contributed by atoms with E-state index in [1.165, 1.54) is 27.8 Å². The van der Waals surface area contributed by atoms with Crippen LogP contribution in [0.2, 0.25) is 0 Å². The molecular formula is C34H31N. The molecule has 0 N–H and O–H groups in total. The van der Waals surface area contributed by atoms with Crippen molar-refractivity contribution in [3.63, 3.8) is 0 Å². The van der Waals surface area contributed by atoms with Crippen molar-refractivity contribution < 1.29 is 0 Å². The van der Waals surface area contributed by atoms with Crippen LogP contribution in [0.25, 0.3) is 22.3 Å². The largest absolute Gasteiger partial charge is 0.311 e. The number of hydrogen-bond donors (Lipinski definition) is 0. The Hall–Kier alpha value is -4.10. The molecule has 5 rings (SSSR count). The SMILES string of the molecule is CCC(C)c1cccc(-c2ccc(N(c3ccccc3)c3ccc(-c4ccccc4)cc3)cc2)c1. The second kappa shape index (κ2) is 10.4. The van der Waals surface area contributed by atoms with Crippen LogP contribution in [0.4, 0.5) is 17.1 Å². The molecule has 1 nitrogen and oxygen atoms in total. The van der Waals surface area contributed by atoms with Gasteiger partial charge in [0.15, 0.2) is 0 Å². The average molecular weight is 454 g/mol. The molecule has 5 aromatic carbocycles. The summed E-state index contributed by atoms with van der Waals surface area (Å²) in [5, 5.41) is 0. The van der Waals surface area contributed by atoms with Gasteiger partial charge in [-0.2, -0.15) is 0 Å². The maximum Gasteiger partial charge on any atom is 0.0462 e. The van der Waals surface area contributed by atoms with Crippen LogP contribution in [0.1, 0.15) is 31.7 Å². The second-order valence-corrected chi connectivity index (χ2v) is 9.07. The molecule has 1 heteroatoms. The molecule has 0 spiro atoms. The van der Waals surface area contributed by atoms with Gasteiger partial charge in [0.25, 0.3) is 0 Å². The molecular weight excluding hydrogens is 422 g/mol. The summed E-state index contributed by atoms with van der Waals surface area (Å²) in [7, 11) is 0. The Labute approximate surface area is 209 Å². The number of hydrogen-bond acceptors (Lipinski definition) is 1. The first-order valence-electron chi connectivity index (χ1n) is 12.4. The first-order chi connectivity index (χ1) is 17.2. The Morgan fingerprint density at radius 1 is 0.486 bits per heavy atom. The molecule has 35 heavy (non-hydrogen) atoms. The van der Waals surface area contributed by atoms with Crippen molar-refractivity contribution in [2.45, 2.75) is 26.2 Å². The summed E-state index contributed by atoms with van der Waals surface area (Å²) in [4.78, 5) is 2.31. The van der Waals surface area contributed by atoms with E-state index >= 15 is 0 Å². The van der Waals surface area contributed by atoms with Gasteiger partial charge in [0.1, 0.15) is 0 Å². The molecule has 172 valence electrons. The molecule has 0 aromatic heterocycles. The molecule has 0 radical (unpaired) electrons. The normalized spacial score (nSPS) is 11.7. The molecule has 1 atom stereocenters. The van der Waals surface area contributed by atoms with Crippen LogP contribution in [0.5, 0.6) is 0 Å². The molecule has 0 amide bonds. The van der Waals surface area contributed by atoms with E-state index in [0.29, 0.717) is 5.92 Å². The number of para-hydroxylation sites is 1. The van der Waals surface area contributed by atoms with Gasteiger partial charge in [-0.25, -0.2) is 0 Å². The highest BCUT2D eigenvalue weighted by molar-refractivity contribution is 5.79. The molecule has 0 aliphatic heterocycles. The summed E-state index contributed by atoms with van der Waals surface area (Å²) in [5.74, 6) is 0.571. The highest BCUT2D eigenvalue weighted by atomic mass is 15.1. The summed E-state index contributed by atoms with van der Waals surface area (Å²) in [6.07, 6.45) is 1.15. The summed E-state index contributed by atoms with van der Waals surface area (Å²) in [5.41, 5.74) is 9.80. The molecule has 1 unspecified atom stereocenters. The van der Waals surface area contributed by atoms with E-state index in [1.54, 1.807) is 0 Å². The predicted molar refractivity (Wildman–Crippen MR) is 151 cm³/mol. The van der Waals surface area contributed by atoms with E-state index in [9.17, 15) is 0 Å². The number of rotatable bonds is 7. The van der Waals surface area contributed by atoms with Crippen molar-refractivity contribution in [2.24, 2.45) is 0 Å². The van der Waals surface area contributed by atoms with Crippen LogP contribution in [-0.4, -0.2) is 0 Å². The number of nitrogens with zero attached hydrogens (tertiary/aromatic N) is 1. The van der Waals surface area contributed by atoms with Crippen molar-refractivity contribution in [1.82, 2.24) is 0 Å². The molecule has 5 aromatic rings. The lowest BCUT2D eigenvalue weighted by Gasteiger charge is -2.26. The first kappa shape index (κ1) is 22.7. The van der Waals surface area contributed by atoms with Crippen molar-refractivity contribution in [2.75, 3.05) is 4.90 Å². The second-order valence-electron chi connectivity index (χ2n) is 9.07. The van der Waals surface area contributed by atoms with Crippen LogP contribution >= 0.6 is 0 Å². The minimum Gasteiger partial charge on any atom is -0.311 e. The standard InChI is InChI=1S/C34H31N/c1-3-26(2)30-13-10-14-31(25-30)29-19-23-34(24-20-29)35(32-15-8-5-9-16-32)33-21-17-28(18-22-33)27-11-6-4-7-12-27/h4-26H,3H2,1-2H3. The number of benzene rings is 5. The zero-order valence-corrected chi connectivity index (χ0v) is 20.4. The molecule has 0 heterocycles. The van der Waals surface area contributed by atoms with Gasteiger partial charge in [-0.15, -0.1) is 0 Å². The Kier molecular flexibility index (Phi) is 6.77. The van der Waals surface area contributed by atoms with Gasteiger partial charge in [0.05, 0.1) is 0 Å². The van der Waals surface area contributed by atoms with Crippen molar-refractivity contribution in [1.29, 1.82) is 0 Å². The third-order valence-electron chi connectivity index (χ3n) is 6.77. The molecule has 0 fully saturated rings. The van der Waals surface area contributed by atoms with Gasteiger partial charge >= 0.3 is 0 Å². The minimum absolute atomic E-state index is 0.571. The Morgan fingerprint density at radius 3 is 1.51 bits per heavy atom. The lowest BCUT2D eigenvalue weighted by Crippen LogP contribution is -2.09. The lowest BCUT2D eigenvalue weighted by molar-refractivity contribution is 0.734. The smallest absolute Gasteiger partial charge is 0.0462 e. The van der Waals surface area contributed by atoms with Gasteiger partial charge in [-0.1, -0.05) is 111 Å². The Bertz CT molecular complexity index is 1350. The van der Waals surface area contributed by atoms with E-state index in [0.717, 1.165) is 23.5 Å². The topological polar surface area (TPSA) is 3.24 Å². The third-order valence-corrected chi connectivity index (χ3v) is 6.77. The van der Waals surface area contributed by atoms with Gasteiger partial charge < -0.3 is 4.90 Å². The summed E-state index contributed by atoms with van der Waals surface area (Å²) < 4.78 is 0. The summed E-state index contributed by atoms with van der Waals surface area (Å²) in [6, 6.07) is 47.8. The van der Waals surface area contributed by atoms with E-state index in [4.69, 9.17) is 0 Å². The Balaban J connectivity index is 1.49. The van der Waals surface area contributed by atoms with Crippen LogP contribution < -0.4 is 4.90 Å². The summed E-state index contributed by atoms with van der Waals surface area (Å²) >= 11 is 0. The fourth-order valence-electron chi connectivity index (χ4n) is 4.52. The highest BCUT2D eigenvalue weighted by Gasteiger charge is 2.13. The first-order valence-corrected chi connectivity index (χ1v) is 12.4. The number of anilines is 3. The fraction of sp³-hybridized carbons (Fsp3) is 0.118. The molecule has 0 saturated carbocycles. The molecule has 0 saturated heterocycles. The quantitative estimate of drug-likeness (QED) is 0.237. The maximum atomic E-state index is 2.33. The van der Waals surface area contributed by atoms with Crippen molar-refractivity contribution in [3.8, 4) is 22.3 Å². The van der Waals surface area contributed by atoms with E-state index < -0.39 is 0 Å². The van der Waals surface area contributed by atoms with Gasteiger partial charge in [-0.05, 0) is 76.6 Å². The molecule has 0 aliphatic carbocycles. The van der Waals surface area contributed by atoms with Crippen LogP contribution in [0.3, 0.4) is 0 Å². The monoisotopic (exact) mass is 453 g/mol. The van der Waals surface area contributed by atoms with E-state index in [2.05, 4.69) is 152 Å². The van der Waals surface area contributed by atoms with Crippen molar-refractivity contribution in [3.05, 3.63) is 139 Å². The maximum absolute atomic E-state index is 2.33. The average Bonchev–Trinajstić information content (AvgIpc) is 2.95. The molecule has 0 aliphatic rings. The lowest BCUT2D eigenvalue weighted by atomic mass is 9.94. The van der Waals surface area contributed by atoms with Gasteiger partial charge in [0.2, 0.25) is 0 Å². The Morgan fingerprint density at radius 2 is 0.943 bits per heavy atom. The van der Waals surface area contributed by atoms with Gasteiger partial charge in [-0.3, -0.25) is 0 Å². The van der Waals surface area contributed by atoms with Crippen molar-refractivity contribution >= 4 is 17.1 Å². The molecule has 0 bridgehead atoms. The van der Waals surface area contributed by atoms with E-state index in [1.807, 2.05) is 0 Å². The van der Waals surface area contributed by atoms with Crippen LogP contribution in [0, 0.1) is 0 Å². The highest BCUT2D eigenvalue weighted by Crippen LogP contribution is 2.36. The fourth-order valence-corrected chi connectivity index (χ4v) is 4.52. The zero-order chi connectivity index (χ0) is 24.0. The third kappa shape index (κ3) is 5.05. The summed E-state index contributed by atoms with van der Waals surface area (Å²) in [6.45, 7) is 4.54. The van der Waals surface area contributed by atoms with Crippen LogP contribution in [-0.2, 0) is 0 Å². The van der Waals surface area contributed by atoms with Gasteiger partial charge in [0, 0.05) is 17.1 Å². The van der Waals surface area contributed by atoms with Crippen LogP contribution in [0.15, 0.2) is 133 Å².